The largest absolute Gasteiger partial charge is 0.492 e. The van der Waals surface area contributed by atoms with E-state index in [1.807, 2.05) is 0 Å². The molecule has 5 heteroatoms. The molecular weight excluding hydrogens is 284 g/mol. The van der Waals surface area contributed by atoms with E-state index in [0.29, 0.717) is 21.7 Å². The van der Waals surface area contributed by atoms with Crippen LogP contribution in [0.2, 0.25) is 0 Å². The fraction of sp³-hybridized carbons (Fsp3) is 0.688. The van der Waals surface area contributed by atoms with Crippen molar-refractivity contribution >= 4 is 27.8 Å². The van der Waals surface area contributed by atoms with Gasteiger partial charge in [0.05, 0.1) is 17.7 Å². The van der Waals surface area contributed by atoms with E-state index in [-0.39, 0.29) is 5.78 Å². The normalized spacial score (nSPS) is 17.1. The maximum absolute atomic E-state index is 11.7. The topological polar surface area (TPSA) is 55.6 Å². The number of methoxy groups -OCH3 is 1. The summed E-state index contributed by atoms with van der Waals surface area (Å²) in [5, 5.41) is 1.01. The Labute approximate surface area is 131 Å². The minimum absolute atomic E-state index is 0.00614. The Balaban J connectivity index is 2.21. The van der Waals surface area contributed by atoms with Crippen molar-refractivity contribution in [2.75, 3.05) is 30.8 Å². The summed E-state index contributed by atoms with van der Waals surface area (Å²) in [7, 11) is 1.62. The van der Waals surface area contributed by atoms with Gasteiger partial charge in [-0.3, -0.25) is 4.79 Å². The molecule has 0 aliphatic carbocycles. The maximum Gasteiger partial charge on any atom is 0.177 e. The third-order valence-corrected chi connectivity index (χ3v) is 5.76. The number of ketones is 1. The second-order valence-corrected chi connectivity index (χ2v) is 7.87. The maximum atomic E-state index is 11.7. The lowest BCUT2D eigenvalue weighted by Gasteiger charge is -2.39. The minimum Gasteiger partial charge on any atom is -0.492 e. The molecule has 1 fully saturated rings. The van der Waals surface area contributed by atoms with E-state index >= 15 is 0 Å². The first-order valence-electron chi connectivity index (χ1n) is 7.47. The van der Waals surface area contributed by atoms with E-state index in [2.05, 4.69) is 25.7 Å². The van der Waals surface area contributed by atoms with Crippen LogP contribution in [0.15, 0.2) is 0 Å². The Morgan fingerprint density at radius 2 is 1.90 bits per heavy atom. The highest BCUT2D eigenvalue weighted by Gasteiger charge is 2.31. The Hall–Kier alpha value is -1.23. The predicted octanol–water partition coefficient (Wildman–Crippen LogP) is 3.80. The van der Waals surface area contributed by atoms with E-state index in [1.165, 1.54) is 24.2 Å². The van der Waals surface area contributed by atoms with Crippen LogP contribution in [0.4, 0.5) is 10.7 Å². The van der Waals surface area contributed by atoms with Gasteiger partial charge < -0.3 is 15.4 Å². The summed E-state index contributed by atoms with van der Waals surface area (Å²) in [6, 6.07) is 0. The van der Waals surface area contributed by atoms with Crippen molar-refractivity contribution in [1.29, 1.82) is 0 Å². The fourth-order valence-electron chi connectivity index (χ4n) is 3.03. The average molecular weight is 310 g/mol. The van der Waals surface area contributed by atoms with E-state index in [4.69, 9.17) is 10.5 Å². The number of hydrogen-bond acceptors (Lipinski definition) is 5. The summed E-state index contributed by atoms with van der Waals surface area (Å²) < 4.78 is 5.45. The van der Waals surface area contributed by atoms with Gasteiger partial charge in [-0.1, -0.05) is 20.8 Å². The first-order chi connectivity index (χ1) is 9.75. The van der Waals surface area contributed by atoms with Crippen LogP contribution in [0.1, 0.15) is 50.2 Å². The average Bonchev–Trinajstić information content (AvgIpc) is 2.75. The molecule has 0 bridgehead atoms. The van der Waals surface area contributed by atoms with Crippen LogP contribution < -0.4 is 15.4 Å². The number of hydrogen-bond donors (Lipinski definition) is 1. The molecule has 2 N–H and O–H groups in total. The summed E-state index contributed by atoms with van der Waals surface area (Å²) in [6.07, 6.45) is 2.33. The zero-order chi connectivity index (χ0) is 15.8. The SMILES string of the molecule is COc1c(N2CCC(C(C)(C)C)CC2)sc(C(C)=O)c1N. The summed E-state index contributed by atoms with van der Waals surface area (Å²) in [6.45, 7) is 10.5. The summed E-state index contributed by atoms with van der Waals surface area (Å²) in [5.41, 5.74) is 6.90. The van der Waals surface area contributed by atoms with Crippen molar-refractivity contribution < 1.29 is 9.53 Å². The molecule has 0 spiro atoms. The highest BCUT2D eigenvalue weighted by atomic mass is 32.1. The Kier molecular flexibility index (Phi) is 4.51. The quantitative estimate of drug-likeness (QED) is 0.863. The smallest absolute Gasteiger partial charge is 0.177 e. The Morgan fingerprint density at radius 1 is 1.33 bits per heavy atom. The Morgan fingerprint density at radius 3 is 2.33 bits per heavy atom. The molecule has 0 amide bonds. The molecule has 0 atom stereocenters. The molecule has 2 heterocycles. The molecule has 2 rings (SSSR count). The third-order valence-electron chi connectivity index (χ3n) is 4.41. The number of anilines is 2. The van der Waals surface area contributed by atoms with Gasteiger partial charge in [0.2, 0.25) is 0 Å². The van der Waals surface area contributed by atoms with Crippen molar-refractivity contribution in [1.82, 2.24) is 0 Å². The number of carbonyl (C=O) groups excluding carboxylic acids is 1. The summed E-state index contributed by atoms with van der Waals surface area (Å²) in [5.74, 6) is 1.41. The van der Waals surface area contributed by atoms with Gasteiger partial charge in [0.1, 0.15) is 5.00 Å². The number of ether oxygens (including phenoxy) is 1. The van der Waals surface area contributed by atoms with E-state index in [1.54, 1.807) is 14.0 Å². The number of Topliss-reactive ketones (excluding diaryl/α,β-unsaturated/α-hetero) is 1. The summed E-state index contributed by atoms with van der Waals surface area (Å²) in [4.78, 5) is 14.6. The summed E-state index contributed by atoms with van der Waals surface area (Å²) >= 11 is 1.46. The van der Waals surface area contributed by atoms with Gasteiger partial charge >= 0.3 is 0 Å². The van der Waals surface area contributed by atoms with Crippen LogP contribution in [0.3, 0.4) is 0 Å². The molecule has 21 heavy (non-hydrogen) atoms. The zero-order valence-corrected chi connectivity index (χ0v) is 14.5. The Bertz CT molecular complexity index is 523. The predicted molar refractivity (Wildman–Crippen MR) is 89.7 cm³/mol. The second-order valence-electron chi connectivity index (χ2n) is 6.87. The van der Waals surface area contributed by atoms with Crippen molar-refractivity contribution in [2.45, 2.75) is 40.5 Å². The second kappa shape index (κ2) is 5.87. The highest BCUT2D eigenvalue weighted by molar-refractivity contribution is 7.19. The van der Waals surface area contributed by atoms with Gasteiger partial charge in [-0.2, -0.15) is 0 Å². The molecule has 4 nitrogen and oxygen atoms in total. The van der Waals surface area contributed by atoms with Crippen LogP contribution in [0.25, 0.3) is 0 Å². The lowest BCUT2D eigenvalue weighted by molar-refractivity contribution is 0.102. The van der Waals surface area contributed by atoms with Crippen molar-refractivity contribution in [3.63, 3.8) is 0 Å². The fourth-order valence-corrected chi connectivity index (χ4v) is 4.17. The molecule has 1 aliphatic heterocycles. The van der Waals surface area contributed by atoms with E-state index in [0.717, 1.165) is 24.0 Å². The van der Waals surface area contributed by atoms with Gasteiger partial charge in [0.15, 0.2) is 11.5 Å². The first-order valence-corrected chi connectivity index (χ1v) is 8.29. The molecule has 1 aromatic rings. The van der Waals surface area contributed by atoms with Crippen molar-refractivity contribution in [3.8, 4) is 5.75 Å². The number of nitrogen functional groups attached to an aromatic ring is 1. The van der Waals surface area contributed by atoms with Gasteiger partial charge in [0.25, 0.3) is 0 Å². The van der Waals surface area contributed by atoms with E-state index < -0.39 is 0 Å². The van der Waals surface area contributed by atoms with Crippen LogP contribution in [0.5, 0.6) is 5.75 Å². The van der Waals surface area contributed by atoms with Crippen LogP contribution in [0, 0.1) is 11.3 Å². The zero-order valence-electron chi connectivity index (χ0n) is 13.7. The third kappa shape index (κ3) is 3.18. The van der Waals surface area contributed by atoms with Gasteiger partial charge in [-0.05, 0) is 24.2 Å². The lowest BCUT2D eigenvalue weighted by atomic mass is 9.75. The van der Waals surface area contributed by atoms with Gasteiger partial charge in [0, 0.05) is 20.0 Å². The first kappa shape index (κ1) is 16.1. The van der Waals surface area contributed by atoms with Gasteiger partial charge in [-0.25, -0.2) is 0 Å². The van der Waals surface area contributed by atoms with Crippen molar-refractivity contribution in [3.05, 3.63) is 4.88 Å². The molecule has 0 aromatic carbocycles. The standard InChI is InChI=1S/C16H26N2O2S/c1-10(19)14-12(17)13(20-5)15(21-14)18-8-6-11(7-9-18)16(2,3)4/h11H,6-9,17H2,1-5H3. The minimum atomic E-state index is 0.00614. The van der Waals surface area contributed by atoms with Crippen LogP contribution in [-0.2, 0) is 0 Å². The number of thiophene rings is 1. The lowest BCUT2D eigenvalue weighted by Crippen LogP contribution is -2.37. The number of nitrogens with zero attached hydrogens (tertiary/aromatic N) is 1. The van der Waals surface area contributed by atoms with Crippen LogP contribution >= 0.6 is 11.3 Å². The number of piperidine rings is 1. The van der Waals surface area contributed by atoms with Crippen molar-refractivity contribution in [2.24, 2.45) is 11.3 Å². The molecular formula is C16H26N2O2S. The van der Waals surface area contributed by atoms with E-state index in [9.17, 15) is 4.79 Å². The van der Waals surface area contributed by atoms with Gasteiger partial charge in [-0.15, -0.1) is 11.3 Å². The van der Waals surface area contributed by atoms with Crippen LogP contribution in [-0.4, -0.2) is 26.0 Å². The molecule has 1 aromatic heterocycles. The number of nitrogens with two attached hydrogens (primary N) is 1. The molecule has 1 aliphatic rings. The molecule has 0 saturated carbocycles. The number of carbonyl (C=O) groups is 1. The molecule has 1 saturated heterocycles. The molecule has 0 unspecified atom stereocenters. The highest BCUT2D eigenvalue weighted by Crippen LogP contribution is 2.46. The monoisotopic (exact) mass is 310 g/mol. The number of rotatable bonds is 3. The molecule has 118 valence electrons. The molecule has 0 radical (unpaired) electrons.